The van der Waals surface area contributed by atoms with Crippen LogP contribution < -0.4 is 11.1 Å². The maximum atomic E-state index is 12.9. The first-order valence-electron chi connectivity index (χ1n) is 10.5. The first-order valence-corrected chi connectivity index (χ1v) is 10.5. The van der Waals surface area contributed by atoms with Gasteiger partial charge in [0, 0.05) is 12.7 Å². The molecule has 0 aromatic carbocycles. The standard InChI is InChI=1S/C23H32N4O/c1-4-15(2)5-6-21(24)27-13-20(16(3)26-27)22(28)25-14-23-10-17-7-18(11-23)9-19(8-17)12-23/h4-6,13,17-19H,1,7-12,14,24H2,2-3H3,(H,25,28)/b15-5-,21-6+. The molecule has 4 aliphatic rings. The fraction of sp³-hybridized carbons (Fsp3) is 0.565. The lowest BCUT2D eigenvalue weighted by Crippen LogP contribution is -2.51. The van der Waals surface area contributed by atoms with Gasteiger partial charge in [0.2, 0.25) is 0 Å². The summed E-state index contributed by atoms with van der Waals surface area (Å²) < 4.78 is 1.57. The third-order valence-electron chi connectivity index (χ3n) is 7.04. The Morgan fingerprint density at radius 3 is 2.46 bits per heavy atom. The molecule has 5 nitrogen and oxygen atoms in total. The molecule has 4 fully saturated rings. The molecule has 5 heteroatoms. The first-order chi connectivity index (χ1) is 13.4. The Hall–Kier alpha value is -2.30. The maximum absolute atomic E-state index is 12.9. The molecule has 0 atom stereocenters. The molecular weight excluding hydrogens is 348 g/mol. The largest absolute Gasteiger partial charge is 0.384 e. The van der Waals surface area contributed by atoms with Gasteiger partial charge in [0.15, 0.2) is 0 Å². The molecule has 28 heavy (non-hydrogen) atoms. The van der Waals surface area contributed by atoms with Crippen molar-refractivity contribution in [3.8, 4) is 0 Å². The number of carbonyl (C=O) groups is 1. The van der Waals surface area contributed by atoms with Gasteiger partial charge in [-0.3, -0.25) is 4.79 Å². The van der Waals surface area contributed by atoms with Gasteiger partial charge in [0.1, 0.15) is 5.82 Å². The molecule has 0 saturated heterocycles. The molecule has 4 bridgehead atoms. The monoisotopic (exact) mass is 380 g/mol. The van der Waals surface area contributed by atoms with Crippen LogP contribution in [0.1, 0.15) is 61.5 Å². The summed E-state index contributed by atoms with van der Waals surface area (Å²) in [4.78, 5) is 12.9. The number of hydrogen-bond donors (Lipinski definition) is 2. The molecule has 0 spiro atoms. The third-order valence-corrected chi connectivity index (χ3v) is 7.04. The highest BCUT2D eigenvalue weighted by Crippen LogP contribution is 2.59. The van der Waals surface area contributed by atoms with Crippen molar-refractivity contribution in [3.05, 3.63) is 47.8 Å². The lowest BCUT2D eigenvalue weighted by molar-refractivity contribution is -0.0503. The molecule has 1 aromatic rings. The zero-order valence-corrected chi connectivity index (χ0v) is 17.1. The first kappa shape index (κ1) is 19.0. The zero-order chi connectivity index (χ0) is 19.9. The van der Waals surface area contributed by atoms with E-state index in [4.69, 9.17) is 5.73 Å². The van der Waals surface area contributed by atoms with Crippen LogP contribution in [-0.4, -0.2) is 22.2 Å². The minimum atomic E-state index is -0.0369. The van der Waals surface area contributed by atoms with E-state index < -0.39 is 0 Å². The van der Waals surface area contributed by atoms with E-state index in [1.807, 2.05) is 19.9 Å². The molecule has 4 saturated carbocycles. The SMILES string of the molecule is C=C/C(C)=C\C=C(/N)n1cc(C(=O)NCC23CC4CC(CC(C4)C2)C3)c(C)n1. The average Bonchev–Trinajstić information content (AvgIpc) is 3.04. The van der Waals surface area contributed by atoms with Crippen molar-refractivity contribution < 1.29 is 4.79 Å². The Morgan fingerprint density at radius 1 is 1.29 bits per heavy atom. The van der Waals surface area contributed by atoms with Gasteiger partial charge in [-0.05, 0) is 81.6 Å². The lowest BCUT2D eigenvalue weighted by atomic mass is 9.49. The van der Waals surface area contributed by atoms with Crippen LogP contribution in [0.2, 0.25) is 0 Å². The summed E-state index contributed by atoms with van der Waals surface area (Å²) in [5.41, 5.74) is 8.76. The average molecular weight is 381 g/mol. The Kier molecular flexibility index (Phi) is 4.94. The summed E-state index contributed by atoms with van der Waals surface area (Å²) in [7, 11) is 0. The molecule has 150 valence electrons. The highest BCUT2D eigenvalue weighted by atomic mass is 16.1. The summed E-state index contributed by atoms with van der Waals surface area (Å²) in [6.45, 7) is 8.33. The smallest absolute Gasteiger partial charge is 0.254 e. The fourth-order valence-electron chi connectivity index (χ4n) is 6.05. The minimum Gasteiger partial charge on any atom is -0.384 e. The van der Waals surface area contributed by atoms with E-state index in [0.29, 0.717) is 22.5 Å². The molecule has 4 aliphatic carbocycles. The Balaban J connectivity index is 1.43. The maximum Gasteiger partial charge on any atom is 0.254 e. The van der Waals surface area contributed by atoms with Gasteiger partial charge >= 0.3 is 0 Å². The third kappa shape index (κ3) is 3.67. The Labute approximate surface area is 167 Å². The van der Waals surface area contributed by atoms with Crippen molar-refractivity contribution >= 4 is 11.7 Å². The number of nitrogens with one attached hydrogen (secondary N) is 1. The Morgan fingerprint density at radius 2 is 1.89 bits per heavy atom. The van der Waals surface area contributed by atoms with E-state index in [9.17, 15) is 4.79 Å². The van der Waals surface area contributed by atoms with Crippen LogP contribution in [0.25, 0.3) is 5.82 Å². The number of hydrogen-bond acceptors (Lipinski definition) is 3. The van der Waals surface area contributed by atoms with Crippen LogP contribution in [0.4, 0.5) is 0 Å². The van der Waals surface area contributed by atoms with Crippen molar-refractivity contribution in [2.24, 2.45) is 28.9 Å². The van der Waals surface area contributed by atoms with Gasteiger partial charge in [-0.2, -0.15) is 5.10 Å². The normalized spacial score (nSPS) is 31.9. The van der Waals surface area contributed by atoms with Gasteiger partial charge in [-0.1, -0.05) is 24.3 Å². The number of carbonyl (C=O) groups excluding carboxylic acids is 1. The summed E-state index contributed by atoms with van der Waals surface area (Å²) in [6.07, 6.45) is 15.3. The van der Waals surface area contributed by atoms with E-state index in [2.05, 4.69) is 17.0 Å². The number of rotatable bonds is 6. The highest BCUT2D eigenvalue weighted by molar-refractivity contribution is 5.95. The number of amides is 1. The van der Waals surface area contributed by atoms with E-state index in [-0.39, 0.29) is 5.91 Å². The number of nitrogens with two attached hydrogens (primary N) is 1. The molecule has 0 radical (unpaired) electrons. The molecule has 5 rings (SSSR count). The van der Waals surface area contributed by atoms with Crippen molar-refractivity contribution in [3.63, 3.8) is 0 Å². The zero-order valence-electron chi connectivity index (χ0n) is 17.1. The molecule has 0 unspecified atom stereocenters. The van der Waals surface area contributed by atoms with Crippen molar-refractivity contribution in [2.45, 2.75) is 52.4 Å². The second kappa shape index (κ2) is 7.26. The van der Waals surface area contributed by atoms with Crippen LogP contribution in [0.3, 0.4) is 0 Å². The predicted molar refractivity (Wildman–Crippen MR) is 112 cm³/mol. The van der Waals surface area contributed by atoms with E-state index in [1.165, 1.54) is 38.5 Å². The molecule has 3 N–H and O–H groups in total. The van der Waals surface area contributed by atoms with Gasteiger partial charge in [-0.25, -0.2) is 4.68 Å². The second-order valence-electron chi connectivity index (χ2n) is 9.38. The van der Waals surface area contributed by atoms with Crippen LogP contribution in [0.5, 0.6) is 0 Å². The van der Waals surface area contributed by atoms with Crippen LogP contribution >= 0.6 is 0 Å². The van der Waals surface area contributed by atoms with E-state index >= 15 is 0 Å². The quantitative estimate of drug-likeness (QED) is 0.732. The number of aryl methyl sites for hydroxylation is 1. The molecule has 0 aliphatic heterocycles. The topological polar surface area (TPSA) is 72.9 Å². The minimum absolute atomic E-state index is 0.0369. The number of allylic oxidation sites excluding steroid dienone is 4. The van der Waals surface area contributed by atoms with Gasteiger partial charge in [0.05, 0.1) is 11.3 Å². The van der Waals surface area contributed by atoms with Gasteiger partial charge < -0.3 is 11.1 Å². The number of aromatic nitrogens is 2. The van der Waals surface area contributed by atoms with Gasteiger partial charge in [-0.15, -0.1) is 0 Å². The number of nitrogens with zero attached hydrogens (tertiary/aromatic N) is 2. The highest BCUT2D eigenvalue weighted by Gasteiger charge is 2.50. The van der Waals surface area contributed by atoms with Crippen LogP contribution in [-0.2, 0) is 0 Å². The summed E-state index contributed by atoms with van der Waals surface area (Å²) >= 11 is 0. The van der Waals surface area contributed by atoms with Gasteiger partial charge in [0.25, 0.3) is 5.91 Å². The van der Waals surface area contributed by atoms with Crippen LogP contribution in [0, 0.1) is 30.1 Å². The summed E-state index contributed by atoms with van der Waals surface area (Å²) in [6, 6.07) is 0. The van der Waals surface area contributed by atoms with E-state index in [1.54, 1.807) is 23.0 Å². The van der Waals surface area contributed by atoms with Crippen molar-refractivity contribution in [1.82, 2.24) is 15.1 Å². The predicted octanol–water partition coefficient (Wildman–Crippen LogP) is 4.03. The van der Waals surface area contributed by atoms with Crippen molar-refractivity contribution in [1.29, 1.82) is 0 Å². The summed E-state index contributed by atoms with van der Waals surface area (Å²) in [5, 5.41) is 7.65. The van der Waals surface area contributed by atoms with E-state index in [0.717, 1.165) is 29.9 Å². The molecular formula is C23H32N4O. The summed E-state index contributed by atoms with van der Waals surface area (Å²) in [5.74, 6) is 3.12. The Bertz CT molecular complexity index is 809. The lowest BCUT2D eigenvalue weighted by Gasteiger charge is -2.56. The molecule has 1 heterocycles. The molecule has 1 aromatic heterocycles. The van der Waals surface area contributed by atoms with Crippen LogP contribution in [0.15, 0.2) is 36.6 Å². The molecule has 1 amide bonds. The second-order valence-corrected chi connectivity index (χ2v) is 9.38. The van der Waals surface area contributed by atoms with Crippen molar-refractivity contribution in [2.75, 3.05) is 6.54 Å². The fourth-order valence-corrected chi connectivity index (χ4v) is 6.05.